The first-order chi connectivity index (χ1) is 13.2. The molecule has 0 spiro atoms. The molecule has 29 heavy (non-hydrogen) atoms. The number of allylic oxidation sites excluding steroid dienone is 2. The van der Waals surface area contributed by atoms with Crippen LogP contribution in [-0.4, -0.2) is 42.1 Å². The largest absolute Gasteiger partial charge is 0.454 e. The van der Waals surface area contributed by atoms with Gasteiger partial charge in [0.15, 0.2) is 16.6 Å². The Morgan fingerprint density at radius 2 is 1.07 bits per heavy atom. The molecule has 0 aliphatic heterocycles. The van der Waals surface area contributed by atoms with Gasteiger partial charge in [-0.1, -0.05) is 65.8 Å². The van der Waals surface area contributed by atoms with E-state index in [9.17, 15) is 0 Å². The Labute approximate surface area is 182 Å². The van der Waals surface area contributed by atoms with Gasteiger partial charge in [0.1, 0.15) is 0 Å². The molecule has 168 valence electrons. The molecule has 0 fully saturated rings. The fourth-order valence-corrected chi connectivity index (χ4v) is 16.0. The van der Waals surface area contributed by atoms with Gasteiger partial charge in [0.25, 0.3) is 0 Å². The van der Waals surface area contributed by atoms with Crippen molar-refractivity contribution in [3.8, 4) is 0 Å². The number of ether oxygens (including phenoxy) is 2. The van der Waals surface area contributed by atoms with Crippen molar-refractivity contribution < 1.29 is 13.6 Å². The van der Waals surface area contributed by atoms with Crippen molar-refractivity contribution in [1.82, 2.24) is 0 Å². The van der Waals surface area contributed by atoms with Gasteiger partial charge < -0.3 is 13.6 Å². The zero-order valence-corrected chi connectivity index (χ0v) is 22.8. The molecule has 0 heterocycles. The first kappa shape index (κ1) is 25.1. The van der Waals surface area contributed by atoms with Crippen LogP contribution in [0.2, 0.25) is 35.3 Å². The van der Waals surface area contributed by atoms with Crippen LogP contribution in [0, 0.1) is 0 Å². The lowest BCUT2D eigenvalue weighted by Gasteiger charge is -2.53. The Balaban J connectivity index is 2.43. The third-order valence-corrected chi connectivity index (χ3v) is 20.5. The van der Waals surface area contributed by atoms with Gasteiger partial charge in [-0.15, -0.1) is 0 Å². The lowest BCUT2D eigenvalue weighted by molar-refractivity contribution is 0.0415. The molecular formula is C24H46O3Si2. The summed E-state index contributed by atoms with van der Waals surface area (Å²) in [5.41, 5.74) is -0.318. The monoisotopic (exact) mass is 438 g/mol. The maximum atomic E-state index is 7.58. The summed E-state index contributed by atoms with van der Waals surface area (Å²) in [5, 5.41) is 0.250. The van der Waals surface area contributed by atoms with E-state index in [4.69, 9.17) is 13.6 Å². The fraction of sp³-hybridized carbons (Fsp3) is 0.833. The molecule has 0 aromatic carbocycles. The van der Waals surface area contributed by atoms with E-state index >= 15 is 0 Å². The van der Waals surface area contributed by atoms with E-state index in [1.807, 2.05) is 14.2 Å². The van der Waals surface area contributed by atoms with E-state index in [1.165, 1.54) is 0 Å². The van der Waals surface area contributed by atoms with Crippen LogP contribution in [0.3, 0.4) is 0 Å². The Bertz CT molecular complexity index is 579. The highest BCUT2D eigenvalue weighted by Gasteiger charge is 2.56. The molecule has 2 rings (SSSR count). The lowest BCUT2D eigenvalue weighted by Crippen LogP contribution is -2.61. The highest BCUT2D eigenvalue weighted by Crippen LogP contribution is 2.53. The van der Waals surface area contributed by atoms with Gasteiger partial charge in [-0.05, 0) is 60.9 Å². The second-order valence-electron chi connectivity index (χ2n) is 11.8. The molecule has 0 radical (unpaired) electrons. The molecule has 0 N–H and O–H groups in total. The van der Waals surface area contributed by atoms with Crippen molar-refractivity contribution in [3.05, 3.63) is 24.3 Å². The molecule has 0 aromatic heterocycles. The number of hydrogen-bond acceptors (Lipinski definition) is 3. The van der Waals surface area contributed by atoms with Gasteiger partial charge in [0, 0.05) is 14.2 Å². The Morgan fingerprint density at radius 3 is 1.28 bits per heavy atom. The Morgan fingerprint density at radius 1 is 0.724 bits per heavy atom. The summed E-state index contributed by atoms with van der Waals surface area (Å²) in [6, 6.07) is 2.04. The first-order valence-electron chi connectivity index (χ1n) is 11.3. The standard InChI is InChI=1S/C24H46O3Si2/c1-21(2,3)28(9,19-23(25-7)15-11-12-16-23)27-29(10,22(4,5)6)20-24(26-8)17-13-14-18-24/h11,13,15,17H,12,14,16,18-20H2,1-10H3. The number of hydrogen-bond donors (Lipinski definition) is 0. The van der Waals surface area contributed by atoms with E-state index in [1.54, 1.807) is 0 Å². The van der Waals surface area contributed by atoms with Gasteiger partial charge in [-0.25, -0.2) is 0 Å². The Kier molecular flexibility index (Phi) is 7.24. The van der Waals surface area contributed by atoms with Crippen LogP contribution in [0.1, 0.15) is 67.2 Å². The average Bonchev–Trinajstić information content (AvgIpc) is 3.23. The van der Waals surface area contributed by atoms with Crippen molar-refractivity contribution in [2.75, 3.05) is 14.2 Å². The van der Waals surface area contributed by atoms with Gasteiger partial charge in [-0.2, -0.15) is 0 Å². The molecule has 0 aromatic rings. The van der Waals surface area contributed by atoms with Gasteiger partial charge >= 0.3 is 0 Å². The highest BCUT2D eigenvalue weighted by molar-refractivity contribution is 6.89. The second kappa shape index (κ2) is 8.38. The average molecular weight is 439 g/mol. The number of methoxy groups -OCH3 is 2. The summed E-state index contributed by atoms with van der Waals surface area (Å²) in [6.45, 7) is 19.2. The molecule has 2 aliphatic carbocycles. The molecular weight excluding hydrogens is 392 g/mol. The van der Waals surface area contributed by atoms with Crippen molar-refractivity contribution in [2.24, 2.45) is 0 Å². The molecule has 4 atom stereocenters. The van der Waals surface area contributed by atoms with Crippen LogP contribution in [0.25, 0.3) is 0 Å². The van der Waals surface area contributed by atoms with Gasteiger partial charge in [0.05, 0.1) is 11.2 Å². The molecule has 0 bridgehead atoms. The molecule has 0 amide bonds. The van der Waals surface area contributed by atoms with Crippen molar-refractivity contribution in [1.29, 1.82) is 0 Å². The predicted molar refractivity (Wildman–Crippen MR) is 130 cm³/mol. The van der Waals surface area contributed by atoms with E-state index in [-0.39, 0.29) is 21.3 Å². The summed E-state index contributed by atoms with van der Waals surface area (Å²) < 4.78 is 19.8. The smallest absolute Gasteiger partial charge is 0.185 e. The van der Waals surface area contributed by atoms with E-state index in [2.05, 4.69) is 78.9 Å². The van der Waals surface area contributed by atoms with E-state index < -0.39 is 16.6 Å². The van der Waals surface area contributed by atoms with Crippen LogP contribution in [0.5, 0.6) is 0 Å². The SMILES string of the molecule is COC1(C[Si](C)(O[Si](C)(CC2(OC)C=CCC2)C(C)(C)C)C(C)(C)C)C=CCC1. The zero-order chi connectivity index (χ0) is 22.2. The van der Waals surface area contributed by atoms with Crippen LogP contribution < -0.4 is 0 Å². The summed E-state index contributed by atoms with van der Waals surface area (Å²) in [7, 11) is -0.589. The van der Waals surface area contributed by atoms with Crippen LogP contribution in [0.4, 0.5) is 0 Å². The molecule has 2 aliphatic rings. The minimum Gasteiger partial charge on any atom is -0.454 e. The molecule has 0 saturated heterocycles. The van der Waals surface area contributed by atoms with Crippen molar-refractivity contribution in [2.45, 2.75) is 114 Å². The quantitative estimate of drug-likeness (QED) is 0.295. The zero-order valence-electron chi connectivity index (χ0n) is 20.8. The van der Waals surface area contributed by atoms with Gasteiger partial charge in [-0.3, -0.25) is 0 Å². The maximum Gasteiger partial charge on any atom is 0.185 e. The molecule has 3 nitrogen and oxygen atoms in total. The first-order valence-corrected chi connectivity index (χ1v) is 16.5. The maximum absolute atomic E-state index is 7.58. The van der Waals surface area contributed by atoms with Crippen LogP contribution >= 0.6 is 0 Å². The Hall–Kier alpha value is -0.206. The van der Waals surface area contributed by atoms with E-state index in [0.717, 1.165) is 37.8 Å². The molecule has 0 saturated carbocycles. The minimum atomic E-state index is -2.17. The van der Waals surface area contributed by atoms with Crippen LogP contribution in [-0.2, 0) is 13.6 Å². The second-order valence-corrected chi connectivity index (χ2v) is 21.3. The summed E-state index contributed by atoms with van der Waals surface area (Å²) in [4.78, 5) is 0. The summed E-state index contributed by atoms with van der Waals surface area (Å²) in [6.07, 6.45) is 13.5. The molecule has 5 heteroatoms. The summed E-state index contributed by atoms with van der Waals surface area (Å²) >= 11 is 0. The van der Waals surface area contributed by atoms with E-state index in [0.29, 0.717) is 0 Å². The fourth-order valence-electron chi connectivity index (χ4n) is 4.75. The normalized spacial score (nSPS) is 31.8. The molecule has 4 unspecified atom stereocenters. The summed E-state index contributed by atoms with van der Waals surface area (Å²) in [5.74, 6) is 0. The van der Waals surface area contributed by atoms with Crippen molar-refractivity contribution >= 4 is 16.6 Å². The highest BCUT2D eigenvalue weighted by atomic mass is 28.4. The topological polar surface area (TPSA) is 27.7 Å². The minimum absolute atomic E-state index is 0.125. The van der Waals surface area contributed by atoms with Gasteiger partial charge in [0.2, 0.25) is 0 Å². The van der Waals surface area contributed by atoms with Crippen molar-refractivity contribution in [3.63, 3.8) is 0 Å². The predicted octanol–water partition coefficient (Wildman–Crippen LogP) is 7.22. The van der Waals surface area contributed by atoms with Crippen LogP contribution in [0.15, 0.2) is 24.3 Å². The lowest BCUT2D eigenvalue weighted by atomic mass is 10.1. The third-order valence-electron chi connectivity index (χ3n) is 8.02. The number of rotatable bonds is 8. The third kappa shape index (κ3) is 5.17.